The molecular weight excluding hydrogens is 304 g/mol. The van der Waals surface area contributed by atoms with Crippen LogP contribution in [-0.4, -0.2) is 18.5 Å². The zero-order valence-electron chi connectivity index (χ0n) is 13.8. The predicted octanol–water partition coefficient (Wildman–Crippen LogP) is 3.28. The Hall–Kier alpha value is -3.13. The highest BCUT2D eigenvalue weighted by atomic mass is 16.5. The summed E-state index contributed by atoms with van der Waals surface area (Å²) in [6.45, 7) is 5.24. The number of rotatable bonds is 4. The first-order valence-corrected chi connectivity index (χ1v) is 7.45. The standard InChI is InChI=1S/C19H18N2O3/c1-12-7-13(2)18(14(3)8-12)19(23)24-11-17(22)21-16-6-4-5-15(9-16)10-20/h4-9H,11H2,1-3H3,(H,21,22). The third-order valence-electron chi connectivity index (χ3n) is 3.49. The number of benzene rings is 2. The van der Waals surface area contributed by atoms with Crippen LogP contribution in [0.25, 0.3) is 0 Å². The Morgan fingerprint density at radius 2 is 1.79 bits per heavy atom. The Balaban J connectivity index is 1.99. The van der Waals surface area contributed by atoms with Crippen molar-refractivity contribution in [3.8, 4) is 6.07 Å². The molecule has 1 N–H and O–H groups in total. The number of aryl methyl sites for hydroxylation is 3. The molecule has 0 unspecified atom stereocenters. The Bertz CT molecular complexity index is 812. The van der Waals surface area contributed by atoms with Gasteiger partial charge >= 0.3 is 5.97 Å². The van der Waals surface area contributed by atoms with Gasteiger partial charge in [0.05, 0.1) is 17.2 Å². The molecular formula is C19H18N2O3. The van der Waals surface area contributed by atoms with E-state index in [1.807, 2.05) is 39.0 Å². The summed E-state index contributed by atoms with van der Waals surface area (Å²) in [5, 5.41) is 11.4. The van der Waals surface area contributed by atoms with Gasteiger partial charge in [0.15, 0.2) is 6.61 Å². The van der Waals surface area contributed by atoms with E-state index in [0.717, 1.165) is 16.7 Å². The molecule has 0 heterocycles. The fourth-order valence-corrected chi connectivity index (χ4v) is 2.57. The summed E-state index contributed by atoms with van der Waals surface area (Å²) < 4.78 is 5.10. The van der Waals surface area contributed by atoms with Gasteiger partial charge in [0.2, 0.25) is 0 Å². The minimum atomic E-state index is -0.522. The minimum Gasteiger partial charge on any atom is -0.452 e. The molecule has 0 aliphatic carbocycles. The maximum Gasteiger partial charge on any atom is 0.339 e. The molecule has 5 nitrogen and oxygen atoms in total. The Labute approximate surface area is 140 Å². The van der Waals surface area contributed by atoms with E-state index in [9.17, 15) is 9.59 Å². The minimum absolute atomic E-state index is 0.387. The number of ether oxygens (including phenoxy) is 1. The van der Waals surface area contributed by atoms with Crippen molar-refractivity contribution in [3.63, 3.8) is 0 Å². The Kier molecular flexibility index (Phi) is 5.33. The highest BCUT2D eigenvalue weighted by molar-refractivity contribution is 5.97. The molecule has 0 fully saturated rings. The maximum atomic E-state index is 12.2. The molecule has 0 bridgehead atoms. The fourth-order valence-electron chi connectivity index (χ4n) is 2.57. The van der Waals surface area contributed by atoms with Crippen molar-refractivity contribution in [1.29, 1.82) is 5.26 Å². The molecule has 5 heteroatoms. The number of hydrogen-bond donors (Lipinski definition) is 1. The van der Waals surface area contributed by atoms with E-state index in [4.69, 9.17) is 10.00 Å². The second kappa shape index (κ2) is 7.42. The van der Waals surface area contributed by atoms with Crippen molar-refractivity contribution in [3.05, 3.63) is 64.2 Å². The number of nitriles is 1. The third-order valence-corrected chi connectivity index (χ3v) is 3.49. The molecule has 0 saturated heterocycles. The number of anilines is 1. The van der Waals surface area contributed by atoms with Gasteiger partial charge < -0.3 is 10.1 Å². The quantitative estimate of drug-likeness (QED) is 0.876. The summed E-state index contributed by atoms with van der Waals surface area (Å²) in [7, 11) is 0. The maximum absolute atomic E-state index is 12.2. The first-order valence-electron chi connectivity index (χ1n) is 7.45. The van der Waals surface area contributed by atoms with Gasteiger partial charge in [-0.25, -0.2) is 4.79 Å². The van der Waals surface area contributed by atoms with E-state index >= 15 is 0 Å². The van der Waals surface area contributed by atoms with E-state index in [1.165, 1.54) is 0 Å². The van der Waals surface area contributed by atoms with Gasteiger partial charge in [-0.2, -0.15) is 5.26 Å². The van der Waals surface area contributed by atoms with Gasteiger partial charge in [-0.05, 0) is 50.1 Å². The van der Waals surface area contributed by atoms with E-state index in [1.54, 1.807) is 24.3 Å². The summed E-state index contributed by atoms with van der Waals surface area (Å²) in [6, 6.07) is 12.3. The molecule has 0 saturated carbocycles. The van der Waals surface area contributed by atoms with Crippen LogP contribution < -0.4 is 5.32 Å². The van der Waals surface area contributed by atoms with E-state index in [0.29, 0.717) is 16.8 Å². The molecule has 1 amide bonds. The molecule has 122 valence electrons. The summed E-state index contributed by atoms with van der Waals surface area (Å²) in [5.41, 5.74) is 4.12. The van der Waals surface area contributed by atoms with Gasteiger partial charge in [-0.15, -0.1) is 0 Å². The molecule has 0 aliphatic rings. The number of nitrogens with zero attached hydrogens (tertiary/aromatic N) is 1. The molecule has 24 heavy (non-hydrogen) atoms. The van der Waals surface area contributed by atoms with Crippen molar-refractivity contribution >= 4 is 17.6 Å². The summed E-state index contributed by atoms with van der Waals surface area (Å²) in [6.07, 6.45) is 0. The predicted molar refractivity (Wildman–Crippen MR) is 90.7 cm³/mol. The fraction of sp³-hybridized carbons (Fsp3) is 0.211. The van der Waals surface area contributed by atoms with E-state index in [-0.39, 0.29) is 6.61 Å². The Morgan fingerprint density at radius 3 is 2.42 bits per heavy atom. The first-order chi connectivity index (χ1) is 11.4. The van der Waals surface area contributed by atoms with Crippen molar-refractivity contribution in [1.82, 2.24) is 0 Å². The van der Waals surface area contributed by atoms with Crippen LogP contribution in [0, 0.1) is 32.1 Å². The molecule has 0 radical (unpaired) electrons. The molecule has 2 aromatic carbocycles. The molecule has 0 aromatic heterocycles. The highest BCUT2D eigenvalue weighted by Gasteiger charge is 2.16. The lowest BCUT2D eigenvalue weighted by molar-refractivity contribution is -0.119. The average Bonchev–Trinajstić information content (AvgIpc) is 2.52. The summed E-state index contributed by atoms with van der Waals surface area (Å²) >= 11 is 0. The number of carbonyl (C=O) groups is 2. The van der Waals surface area contributed by atoms with Crippen LogP contribution in [0.15, 0.2) is 36.4 Å². The zero-order chi connectivity index (χ0) is 17.7. The van der Waals surface area contributed by atoms with Crippen LogP contribution in [0.3, 0.4) is 0 Å². The lowest BCUT2D eigenvalue weighted by Gasteiger charge is -2.11. The van der Waals surface area contributed by atoms with Gasteiger partial charge in [-0.3, -0.25) is 4.79 Å². The zero-order valence-corrected chi connectivity index (χ0v) is 13.8. The van der Waals surface area contributed by atoms with E-state index in [2.05, 4.69) is 5.32 Å². The van der Waals surface area contributed by atoms with Gasteiger partial charge in [-0.1, -0.05) is 23.8 Å². The number of amides is 1. The summed E-state index contributed by atoms with van der Waals surface area (Å²) in [4.78, 5) is 24.1. The highest BCUT2D eigenvalue weighted by Crippen LogP contribution is 2.17. The molecule has 0 aliphatic heterocycles. The molecule has 0 spiro atoms. The monoisotopic (exact) mass is 322 g/mol. The van der Waals surface area contributed by atoms with Crippen LogP contribution in [0.2, 0.25) is 0 Å². The van der Waals surface area contributed by atoms with Gasteiger partial charge in [0, 0.05) is 5.69 Å². The topological polar surface area (TPSA) is 79.2 Å². The average molecular weight is 322 g/mol. The number of nitrogens with one attached hydrogen (secondary N) is 1. The first kappa shape index (κ1) is 17.2. The lowest BCUT2D eigenvalue weighted by atomic mass is 10.00. The number of carbonyl (C=O) groups excluding carboxylic acids is 2. The number of esters is 1. The Morgan fingerprint density at radius 1 is 1.12 bits per heavy atom. The van der Waals surface area contributed by atoms with Crippen LogP contribution >= 0.6 is 0 Å². The second-order valence-corrected chi connectivity index (χ2v) is 5.59. The van der Waals surface area contributed by atoms with Gasteiger partial charge in [0.1, 0.15) is 0 Å². The summed E-state index contributed by atoms with van der Waals surface area (Å²) in [5.74, 6) is -0.980. The van der Waals surface area contributed by atoms with E-state index < -0.39 is 11.9 Å². The van der Waals surface area contributed by atoms with Crippen LogP contribution in [0.4, 0.5) is 5.69 Å². The SMILES string of the molecule is Cc1cc(C)c(C(=O)OCC(=O)Nc2cccc(C#N)c2)c(C)c1. The second-order valence-electron chi connectivity index (χ2n) is 5.59. The molecule has 2 aromatic rings. The van der Waals surface area contributed by atoms with Crippen LogP contribution in [0.5, 0.6) is 0 Å². The smallest absolute Gasteiger partial charge is 0.339 e. The van der Waals surface area contributed by atoms with Crippen LogP contribution in [-0.2, 0) is 9.53 Å². The third kappa shape index (κ3) is 4.20. The van der Waals surface area contributed by atoms with Crippen LogP contribution in [0.1, 0.15) is 32.6 Å². The van der Waals surface area contributed by atoms with Crippen molar-refractivity contribution in [2.24, 2.45) is 0 Å². The normalized spacial score (nSPS) is 9.92. The number of hydrogen-bond acceptors (Lipinski definition) is 4. The molecule has 0 atom stereocenters. The van der Waals surface area contributed by atoms with Crippen molar-refractivity contribution in [2.75, 3.05) is 11.9 Å². The van der Waals surface area contributed by atoms with Crippen molar-refractivity contribution in [2.45, 2.75) is 20.8 Å². The molecule has 2 rings (SSSR count). The van der Waals surface area contributed by atoms with Gasteiger partial charge in [0.25, 0.3) is 5.91 Å². The largest absolute Gasteiger partial charge is 0.452 e. The lowest BCUT2D eigenvalue weighted by Crippen LogP contribution is -2.21. The van der Waals surface area contributed by atoms with Crippen molar-refractivity contribution < 1.29 is 14.3 Å².